The molecule has 5 aliphatic heterocycles. The second-order valence-electron chi connectivity index (χ2n) is 21.1. The first kappa shape index (κ1) is 61.9. The first-order valence-corrected chi connectivity index (χ1v) is 23.7. The Morgan fingerprint density at radius 3 is 1.71 bits per heavy atom. The zero-order chi connectivity index (χ0) is 54.4. The van der Waals surface area contributed by atoms with Crippen LogP contribution in [0.3, 0.4) is 0 Å². The molecule has 0 aromatic carbocycles. The number of fused-ring (bicyclic) bond motifs is 6. The summed E-state index contributed by atoms with van der Waals surface area (Å²) < 4.78 is 0. The van der Waals surface area contributed by atoms with Crippen molar-refractivity contribution in [1.82, 2.24) is 5.32 Å². The number of carbonyl (C=O) groups excluding carboxylic acids is 7. The Morgan fingerprint density at radius 2 is 1.22 bits per heavy atom. The molecule has 21 nitrogen and oxygen atoms in total. The van der Waals surface area contributed by atoms with Crippen LogP contribution in [0.1, 0.15) is 133 Å². The SMILES string of the molecule is C/C1=C2/[N-][C@H]([C@H](CC(N)=O)[C@@]2(C)CCC(=O)NC[C@@H](C)O)[C@]2(C)N=C(/C(C)=C3N=C(/C=C4N=C1[C@@H](CCC(N)=O)C\4(C)C)[C@@H](CCC(N)=O)[C@]\3(C)CC(N)=O)[C@@H](CCC(N)=O)[C@]2(C)CC(N)=O.[C-]#N.[C-]#N.[Co+3]. The Labute approximate surface area is 432 Å². The van der Waals surface area contributed by atoms with Crippen LogP contribution in [0.5, 0.6) is 0 Å². The van der Waals surface area contributed by atoms with E-state index in [-0.39, 0.29) is 93.4 Å². The normalized spacial score (nSPS) is 32.8. The minimum Gasteiger partial charge on any atom is -0.682 e. The van der Waals surface area contributed by atoms with E-state index in [4.69, 9.17) is 78.4 Å². The largest absolute Gasteiger partial charge is 3.00 e. The van der Waals surface area contributed by atoms with Crippen molar-refractivity contribution in [3.8, 4) is 0 Å². The number of allylic oxidation sites excluding steroid dienone is 6. The molecule has 1 saturated heterocycles. The van der Waals surface area contributed by atoms with Gasteiger partial charge in [-0.2, -0.15) is 5.70 Å². The molecular formula is C50H72CoN13O8. The maximum absolute atomic E-state index is 13.5. The molecule has 0 spiro atoms. The van der Waals surface area contributed by atoms with Crippen LogP contribution in [-0.2, 0) is 50.3 Å². The van der Waals surface area contributed by atoms with Gasteiger partial charge in [-0.1, -0.05) is 40.7 Å². The minimum absolute atomic E-state index is 0. The molecule has 72 heavy (non-hydrogen) atoms. The molecule has 7 amide bonds. The third-order valence-corrected chi connectivity index (χ3v) is 16.0. The van der Waals surface area contributed by atoms with Crippen LogP contribution in [0, 0.1) is 69.0 Å². The quantitative estimate of drug-likeness (QED) is 0.0824. The molecular weight excluding hydrogens is 970 g/mol. The number of nitrogens with two attached hydrogens (primary N) is 6. The second kappa shape index (κ2) is 24.0. The Hall–Kier alpha value is -6.23. The van der Waals surface area contributed by atoms with Gasteiger partial charge in [0.15, 0.2) is 0 Å². The first-order chi connectivity index (χ1) is 32.9. The Morgan fingerprint density at radius 1 is 0.708 bits per heavy atom. The Balaban J connectivity index is 0.00000346. The van der Waals surface area contributed by atoms with Gasteiger partial charge in [0.1, 0.15) is 0 Å². The fraction of sp³-hybridized carbons (Fsp3) is 0.640. The van der Waals surface area contributed by atoms with E-state index in [0.717, 1.165) is 0 Å². The standard InChI is InChI=1S/C48H73N11O8.2CN.Co/c1-23(60)22-55-38(67)16-17-45(6)29(18-35(52)64)43-48(9)47(8,21-37(54)66)28(12-15-34(51)63)40(59-48)25(3)42-46(7,20-36(53)65)26(10-13-32(49)61)30(56-42)19-31-44(4,5)27(11-14-33(50)62)39(57-31)24(2)41(45)58-43;2*1-2;/h19,23,26-29,43,60H,10-18,20-22H2,1-9H3,(H14,49,50,51,52,53,54,55,56,57,58,59,61,62,63,64,65,66,67);;;/q;2*-1;+3/p-1/t23-,26-,27-,28-,29+,43-,45-,46+,47+,48+;;;/m1.../s1. The number of aliphatic hydroxyl groups excluding tert-OH is 1. The zero-order valence-electron chi connectivity index (χ0n) is 42.8. The van der Waals surface area contributed by atoms with Crippen LogP contribution in [-0.4, -0.2) is 87.8 Å². The van der Waals surface area contributed by atoms with E-state index in [2.05, 4.69) is 5.32 Å². The topological polar surface area (TPSA) is 407 Å². The van der Waals surface area contributed by atoms with Crippen molar-refractivity contribution in [3.05, 3.63) is 52.8 Å². The summed E-state index contributed by atoms with van der Waals surface area (Å²) >= 11 is 0. The third-order valence-electron chi connectivity index (χ3n) is 16.0. The van der Waals surface area contributed by atoms with Crippen LogP contribution in [0.15, 0.2) is 49.3 Å². The van der Waals surface area contributed by atoms with Crippen molar-refractivity contribution >= 4 is 58.5 Å². The van der Waals surface area contributed by atoms with Gasteiger partial charge in [-0.25, -0.2) is 0 Å². The number of rotatable bonds is 20. The molecule has 5 heterocycles. The van der Waals surface area contributed by atoms with Crippen LogP contribution in [0.25, 0.3) is 5.32 Å². The van der Waals surface area contributed by atoms with Gasteiger partial charge in [0, 0.05) is 108 Å². The van der Waals surface area contributed by atoms with E-state index in [0.29, 0.717) is 51.8 Å². The van der Waals surface area contributed by atoms with Crippen LogP contribution in [0.4, 0.5) is 0 Å². The number of aliphatic imine (C=N–C) groups is 3. The number of nitrogens with zero attached hydrogens (tertiary/aromatic N) is 6. The van der Waals surface area contributed by atoms with Gasteiger partial charge in [0.2, 0.25) is 41.4 Å². The molecule has 0 aromatic heterocycles. The fourth-order valence-electron chi connectivity index (χ4n) is 12.2. The van der Waals surface area contributed by atoms with E-state index in [1.165, 1.54) is 0 Å². The molecule has 8 bridgehead atoms. The number of carbonyl (C=O) groups is 7. The van der Waals surface area contributed by atoms with Crippen LogP contribution >= 0.6 is 0 Å². The van der Waals surface area contributed by atoms with Crippen molar-refractivity contribution in [2.45, 2.75) is 151 Å². The Kier molecular flexibility index (Phi) is 20.6. The van der Waals surface area contributed by atoms with Crippen molar-refractivity contribution in [3.63, 3.8) is 0 Å². The van der Waals surface area contributed by atoms with Gasteiger partial charge < -0.3 is 73.8 Å². The summed E-state index contributed by atoms with van der Waals surface area (Å²) in [6, 6.07) is -0.923. The second-order valence-corrected chi connectivity index (χ2v) is 21.1. The molecule has 0 radical (unpaired) electrons. The van der Waals surface area contributed by atoms with Crippen molar-refractivity contribution in [1.29, 1.82) is 10.5 Å². The molecule has 394 valence electrons. The predicted octanol–water partition coefficient (Wildman–Crippen LogP) is 2.71. The average Bonchev–Trinajstić information content (AvgIpc) is 3.88. The molecule has 14 N–H and O–H groups in total. The zero-order valence-corrected chi connectivity index (χ0v) is 43.9. The van der Waals surface area contributed by atoms with Crippen molar-refractivity contribution < 1.29 is 55.4 Å². The van der Waals surface area contributed by atoms with Gasteiger partial charge in [-0.15, -0.1) is 0 Å². The third kappa shape index (κ3) is 12.2. The van der Waals surface area contributed by atoms with Crippen molar-refractivity contribution in [2.75, 3.05) is 6.54 Å². The number of primary amides is 6. The maximum Gasteiger partial charge on any atom is 3.00 e. The molecule has 22 heteroatoms. The summed E-state index contributed by atoms with van der Waals surface area (Å²) in [5, 5.41) is 30.8. The summed E-state index contributed by atoms with van der Waals surface area (Å²) in [5.41, 5.74) is 34.4. The van der Waals surface area contributed by atoms with E-state index < -0.39 is 98.5 Å². The molecule has 0 aliphatic carbocycles. The fourth-order valence-corrected chi connectivity index (χ4v) is 12.2. The molecule has 0 unspecified atom stereocenters. The summed E-state index contributed by atoms with van der Waals surface area (Å²) in [5.74, 6) is -6.42. The maximum atomic E-state index is 13.5. The van der Waals surface area contributed by atoms with Gasteiger partial charge in [0.05, 0.1) is 17.3 Å². The summed E-state index contributed by atoms with van der Waals surface area (Å²) in [6.45, 7) is 26.3. The van der Waals surface area contributed by atoms with E-state index >= 15 is 0 Å². The smallest absolute Gasteiger partial charge is 0.682 e. The Bertz CT molecular complexity index is 2410. The van der Waals surface area contributed by atoms with Crippen LogP contribution in [0.2, 0.25) is 0 Å². The van der Waals surface area contributed by atoms with Gasteiger partial charge in [-0.3, -0.25) is 48.5 Å². The van der Waals surface area contributed by atoms with E-state index in [9.17, 15) is 38.7 Å². The summed E-state index contributed by atoms with van der Waals surface area (Å²) in [6.07, 6.45) is 1.02. The molecule has 0 aromatic rings. The minimum atomic E-state index is -1.40. The van der Waals surface area contributed by atoms with Gasteiger partial charge in [0.25, 0.3) is 0 Å². The summed E-state index contributed by atoms with van der Waals surface area (Å²) in [4.78, 5) is 108. The van der Waals surface area contributed by atoms with Crippen molar-refractivity contribution in [2.24, 2.45) is 94.7 Å². The molecule has 5 aliphatic rings. The average molecular weight is 1040 g/mol. The number of aliphatic hydroxyl groups is 1. The first-order valence-electron chi connectivity index (χ1n) is 23.7. The van der Waals surface area contributed by atoms with E-state index in [1.807, 2.05) is 61.5 Å². The monoisotopic (exact) mass is 1040 g/mol. The number of amides is 7. The van der Waals surface area contributed by atoms with E-state index in [1.54, 1.807) is 6.92 Å². The molecule has 5 rings (SSSR count). The summed E-state index contributed by atoms with van der Waals surface area (Å²) in [7, 11) is 0. The molecule has 0 saturated carbocycles. The molecule has 10 atom stereocenters. The predicted molar refractivity (Wildman–Crippen MR) is 264 cm³/mol. The number of nitrogens with one attached hydrogen (secondary N) is 1. The number of hydrogen-bond donors (Lipinski definition) is 8. The van der Waals surface area contributed by atoms with Crippen LogP contribution < -0.4 is 39.7 Å². The van der Waals surface area contributed by atoms with Gasteiger partial charge >= 0.3 is 16.8 Å². The number of hydrogen-bond acceptors (Lipinski definition) is 13. The molecule has 1 fully saturated rings. The van der Waals surface area contributed by atoms with Gasteiger partial charge in [-0.05, 0) is 81.9 Å².